The molecule has 0 spiro atoms. The molecule has 3 rings (SSSR count). The van der Waals surface area contributed by atoms with E-state index in [-0.39, 0.29) is 41.6 Å². The number of rotatable bonds is 11. The average Bonchev–Trinajstić information content (AvgIpc) is 2.91. The lowest BCUT2D eigenvalue weighted by Gasteiger charge is -2.22. The molecule has 0 unspecified atom stereocenters. The van der Waals surface area contributed by atoms with E-state index < -0.39 is 23.6 Å². The van der Waals surface area contributed by atoms with Gasteiger partial charge in [0.15, 0.2) is 23.1 Å². The summed E-state index contributed by atoms with van der Waals surface area (Å²) in [7, 11) is 2.80. The van der Waals surface area contributed by atoms with Crippen LogP contribution in [0.15, 0.2) is 18.2 Å². The average molecular weight is 573 g/mol. The van der Waals surface area contributed by atoms with Crippen LogP contribution in [0.25, 0.3) is 0 Å². The Morgan fingerprint density at radius 1 is 0.707 bits per heavy atom. The van der Waals surface area contributed by atoms with Crippen molar-refractivity contribution in [1.82, 2.24) is 0 Å². The van der Waals surface area contributed by atoms with Crippen LogP contribution < -0.4 is 23.7 Å². The smallest absolute Gasteiger partial charge is 0.344 e. The largest absolute Gasteiger partial charge is 0.496 e. The van der Waals surface area contributed by atoms with Gasteiger partial charge in [-0.2, -0.15) is 0 Å². The highest BCUT2D eigenvalue weighted by Gasteiger charge is 2.29. The van der Waals surface area contributed by atoms with E-state index in [1.165, 1.54) is 20.3 Å². The zero-order valence-electron chi connectivity index (χ0n) is 24.4. The van der Waals surface area contributed by atoms with E-state index in [1.54, 1.807) is 34.6 Å². The molecular weight excluding hydrogens is 538 g/mol. The molecule has 0 saturated carbocycles. The van der Waals surface area contributed by atoms with Gasteiger partial charge in [-0.1, -0.05) is 0 Å². The number of carbonyl (C=O) groups is 2. The van der Waals surface area contributed by atoms with Gasteiger partial charge in [0.2, 0.25) is 0 Å². The van der Waals surface area contributed by atoms with Gasteiger partial charge in [-0.05, 0) is 70.4 Å². The standard InChI is InChI=1S/C31H34F2O8/c1-15-16(2)25(30(34)35)27(37-7)19(5)24(15)31(36)41-29-18(4)17(3)26(20(6)28(29)38-8)40-13-9-12-39-23-11-10-21(32)14-22(23)33/h10-11,14H,9,12-13H2,1-8H3,(H,34,35). The van der Waals surface area contributed by atoms with Gasteiger partial charge in [0, 0.05) is 29.2 Å². The maximum atomic E-state index is 13.8. The van der Waals surface area contributed by atoms with E-state index in [9.17, 15) is 23.5 Å². The lowest BCUT2D eigenvalue weighted by atomic mass is 9.92. The molecule has 1 N–H and O–H groups in total. The van der Waals surface area contributed by atoms with E-state index in [1.807, 2.05) is 6.92 Å². The van der Waals surface area contributed by atoms with E-state index >= 15 is 0 Å². The second-order valence-electron chi connectivity index (χ2n) is 9.54. The second kappa shape index (κ2) is 12.9. The number of methoxy groups -OCH3 is 2. The summed E-state index contributed by atoms with van der Waals surface area (Å²) in [6.07, 6.45) is 0.417. The van der Waals surface area contributed by atoms with Crippen molar-refractivity contribution >= 4 is 11.9 Å². The first-order valence-corrected chi connectivity index (χ1v) is 12.9. The van der Waals surface area contributed by atoms with Crippen molar-refractivity contribution in [3.63, 3.8) is 0 Å². The van der Waals surface area contributed by atoms with Crippen molar-refractivity contribution in [2.75, 3.05) is 27.4 Å². The molecule has 41 heavy (non-hydrogen) atoms. The quantitative estimate of drug-likeness (QED) is 0.156. The van der Waals surface area contributed by atoms with Gasteiger partial charge < -0.3 is 28.8 Å². The minimum absolute atomic E-state index is 0.00537. The Morgan fingerprint density at radius 2 is 1.29 bits per heavy atom. The minimum atomic E-state index is -1.15. The lowest BCUT2D eigenvalue weighted by Crippen LogP contribution is -2.18. The number of aromatic carboxylic acids is 1. The molecule has 0 aliphatic carbocycles. The number of carboxylic acid groups (broad SMARTS) is 1. The summed E-state index contributed by atoms with van der Waals surface area (Å²) in [5, 5.41) is 9.69. The Hall–Kier alpha value is -4.34. The molecule has 3 aromatic carbocycles. The van der Waals surface area contributed by atoms with Gasteiger partial charge in [-0.15, -0.1) is 0 Å². The minimum Gasteiger partial charge on any atom is -0.496 e. The summed E-state index contributed by atoms with van der Waals surface area (Å²) in [5.74, 6) is -2.18. The van der Waals surface area contributed by atoms with Crippen LogP contribution in [0.1, 0.15) is 60.5 Å². The fourth-order valence-corrected chi connectivity index (χ4v) is 4.75. The van der Waals surface area contributed by atoms with Gasteiger partial charge in [0.25, 0.3) is 0 Å². The molecule has 0 atom stereocenters. The third-order valence-electron chi connectivity index (χ3n) is 7.09. The Kier molecular flexibility index (Phi) is 9.80. The Balaban J connectivity index is 1.85. The van der Waals surface area contributed by atoms with Crippen LogP contribution in [0.3, 0.4) is 0 Å². The molecule has 0 heterocycles. The predicted molar refractivity (Wildman–Crippen MR) is 148 cm³/mol. The third-order valence-corrected chi connectivity index (χ3v) is 7.09. The van der Waals surface area contributed by atoms with Crippen LogP contribution in [-0.4, -0.2) is 44.5 Å². The first kappa shape index (κ1) is 31.2. The number of benzene rings is 3. The van der Waals surface area contributed by atoms with Crippen molar-refractivity contribution in [1.29, 1.82) is 0 Å². The molecule has 0 saturated heterocycles. The fourth-order valence-electron chi connectivity index (χ4n) is 4.75. The van der Waals surface area contributed by atoms with Crippen LogP contribution in [0.5, 0.6) is 28.7 Å². The predicted octanol–water partition coefficient (Wildman–Crippen LogP) is 6.60. The van der Waals surface area contributed by atoms with Crippen LogP contribution >= 0.6 is 0 Å². The normalized spacial score (nSPS) is 10.8. The van der Waals surface area contributed by atoms with Gasteiger partial charge in [-0.3, -0.25) is 0 Å². The molecule has 3 aromatic rings. The number of ether oxygens (including phenoxy) is 5. The van der Waals surface area contributed by atoms with Crippen molar-refractivity contribution in [2.24, 2.45) is 0 Å². The van der Waals surface area contributed by atoms with Crippen molar-refractivity contribution in [2.45, 2.75) is 48.0 Å². The monoisotopic (exact) mass is 572 g/mol. The van der Waals surface area contributed by atoms with Crippen LogP contribution in [0, 0.1) is 53.2 Å². The zero-order chi connectivity index (χ0) is 30.6. The number of esters is 1. The molecule has 8 nitrogen and oxygen atoms in total. The molecular formula is C31H34F2O8. The van der Waals surface area contributed by atoms with E-state index in [0.717, 1.165) is 17.7 Å². The topological polar surface area (TPSA) is 101 Å². The van der Waals surface area contributed by atoms with Crippen molar-refractivity contribution in [3.8, 4) is 28.7 Å². The van der Waals surface area contributed by atoms with Crippen LogP contribution in [0.2, 0.25) is 0 Å². The van der Waals surface area contributed by atoms with Gasteiger partial charge in [-0.25, -0.2) is 18.4 Å². The van der Waals surface area contributed by atoms with Crippen molar-refractivity contribution in [3.05, 3.63) is 74.3 Å². The van der Waals surface area contributed by atoms with E-state index in [4.69, 9.17) is 23.7 Å². The van der Waals surface area contributed by atoms with Crippen LogP contribution in [0.4, 0.5) is 8.78 Å². The SMILES string of the molecule is COc1c(C)c(OCCCOc2ccc(F)cc2F)c(C)c(C)c1OC(=O)c1c(C)c(C)c(C(=O)O)c(OC)c1C. The zero-order valence-corrected chi connectivity index (χ0v) is 24.4. The highest BCUT2D eigenvalue weighted by molar-refractivity contribution is 6.01. The molecule has 0 fully saturated rings. The fraction of sp³-hybridized carbons (Fsp3) is 0.355. The highest BCUT2D eigenvalue weighted by atomic mass is 19.1. The highest BCUT2D eigenvalue weighted by Crippen LogP contribution is 2.44. The molecule has 0 bridgehead atoms. The molecule has 0 aromatic heterocycles. The third kappa shape index (κ3) is 6.21. The first-order chi connectivity index (χ1) is 19.3. The number of carboxylic acids is 1. The molecule has 220 valence electrons. The Labute approximate surface area is 237 Å². The van der Waals surface area contributed by atoms with Gasteiger partial charge >= 0.3 is 11.9 Å². The van der Waals surface area contributed by atoms with Gasteiger partial charge in [0.1, 0.15) is 22.9 Å². The first-order valence-electron chi connectivity index (χ1n) is 12.9. The maximum Gasteiger partial charge on any atom is 0.344 e. The molecule has 0 radical (unpaired) electrons. The molecule has 10 heteroatoms. The van der Waals surface area contributed by atoms with E-state index in [0.29, 0.717) is 45.7 Å². The summed E-state index contributed by atoms with van der Waals surface area (Å²) < 4.78 is 55.1. The Bertz CT molecular complexity index is 1500. The summed E-state index contributed by atoms with van der Waals surface area (Å²) in [6, 6.07) is 3.11. The molecule has 0 amide bonds. The van der Waals surface area contributed by atoms with Gasteiger partial charge in [0.05, 0.1) is 33.0 Å². The van der Waals surface area contributed by atoms with E-state index in [2.05, 4.69) is 0 Å². The van der Waals surface area contributed by atoms with Crippen LogP contribution in [-0.2, 0) is 0 Å². The lowest BCUT2D eigenvalue weighted by molar-refractivity contribution is 0.0685. The second-order valence-corrected chi connectivity index (χ2v) is 9.54. The molecule has 0 aliphatic rings. The summed E-state index contributed by atoms with van der Waals surface area (Å²) in [5.41, 5.74) is 3.37. The number of hydrogen-bond acceptors (Lipinski definition) is 7. The summed E-state index contributed by atoms with van der Waals surface area (Å²) in [4.78, 5) is 25.4. The number of carbonyl (C=O) groups excluding carboxylic acids is 1. The summed E-state index contributed by atoms with van der Waals surface area (Å²) in [6.45, 7) is 10.6. The maximum absolute atomic E-state index is 13.8. The summed E-state index contributed by atoms with van der Waals surface area (Å²) >= 11 is 0. The Morgan fingerprint density at radius 3 is 1.88 bits per heavy atom. The number of hydrogen-bond donors (Lipinski definition) is 1. The van der Waals surface area contributed by atoms with Crippen molar-refractivity contribution < 1.29 is 47.2 Å². The number of halogens is 2. The molecule has 0 aliphatic heterocycles.